The van der Waals surface area contributed by atoms with Crippen molar-refractivity contribution in [1.82, 2.24) is 0 Å². The maximum Gasteiger partial charge on any atom is 0.0270 e. The standard InChI is InChI=1S/C14H9BrS/c15-10-9-13-5-3-12(4-6-13)7-8-14-2-1-11-16-14/h1-8,11H/b8-7+. The van der Waals surface area contributed by atoms with E-state index in [1.165, 1.54) is 10.4 Å². The van der Waals surface area contributed by atoms with Gasteiger partial charge in [0.15, 0.2) is 0 Å². The van der Waals surface area contributed by atoms with Crippen LogP contribution in [0.3, 0.4) is 0 Å². The monoisotopic (exact) mass is 288 g/mol. The third kappa shape index (κ3) is 3.10. The van der Waals surface area contributed by atoms with Crippen LogP contribution in [0, 0.1) is 10.8 Å². The third-order valence-corrected chi connectivity index (χ3v) is 3.12. The molecule has 0 spiro atoms. The number of halogens is 1. The second-order valence-corrected chi connectivity index (χ2v) is 4.57. The fourth-order valence-corrected chi connectivity index (χ4v) is 2.14. The van der Waals surface area contributed by atoms with Crippen LogP contribution in [-0.4, -0.2) is 0 Å². The number of hydrogen-bond donors (Lipinski definition) is 0. The second kappa shape index (κ2) is 5.69. The molecule has 78 valence electrons. The highest BCUT2D eigenvalue weighted by Gasteiger charge is 1.89. The zero-order valence-corrected chi connectivity index (χ0v) is 10.9. The van der Waals surface area contributed by atoms with Crippen molar-refractivity contribution in [3.8, 4) is 10.8 Å². The van der Waals surface area contributed by atoms with Gasteiger partial charge in [0.2, 0.25) is 0 Å². The maximum atomic E-state index is 3.09. The summed E-state index contributed by atoms with van der Waals surface area (Å²) in [4.78, 5) is 3.97. The van der Waals surface area contributed by atoms with E-state index in [4.69, 9.17) is 0 Å². The number of thiophene rings is 1. The summed E-state index contributed by atoms with van der Waals surface area (Å²) < 4.78 is 0. The Bertz CT molecular complexity index is 524. The average Bonchev–Trinajstić information content (AvgIpc) is 2.82. The first-order valence-electron chi connectivity index (χ1n) is 4.82. The maximum absolute atomic E-state index is 3.09. The molecule has 2 aromatic rings. The number of rotatable bonds is 2. The Morgan fingerprint density at radius 1 is 1.06 bits per heavy atom. The average molecular weight is 289 g/mol. The largest absolute Gasteiger partial charge is 0.144 e. The van der Waals surface area contributed by atoms with Gasteiger partial charge < -0.3 is 0 Å². The minimum Gasteiger partial charge on any atom is -0.144 e. The first-order chi connectivity index (χ1) is 7.88. The van der Waals surface area contributed by atoms with Gasteiger partial charge >= 0.3 is 0 Å². The molecule has 0 unspecified atom stereocenters. The van der Waals surface area contributed by atoms with Crippen molar-refractivity contribution >= 4 is 39.4 Å². The molecule has 0 saturated carbocycles. The van der Waals surface area contributed by atoms with Crippen LogP contribution in [0.1, 0.15) is 16.0 Å². The summed E-state index contributed by atoms with van der Waals surface area (Å²) >= 11 is 4.83. The smallest absolute Gasteiger partial charge is 0.0270 e. The molecule has 0 aliphatic rings. The van der Waals surface area contributed by atoms with E-state index in [0.717, 1.165) is 5.56 Å². The van der Waals surface area contributed by atoms with E-state index in [-0.39, 0.29) is 0 Å². The SMILES string of the molecule is BrC#Cc1ccc(/C=C/c2cccs2)cc1. The molecule has 1 heterocycles. The van der Waals surface area contributed by atoms with Crippen LogP contribution in [0.2, 0.25) is 0 Å². The normalized spacial score (nSPS) is 10.1. The molecule has 0 N–H and O–H groups in total. The van der Waals surface area contributed by atoms with Gasteiger partial charge in [0, 0.05) is 26.4 Å². The highest BCUT2D eigenvalue weighted by molar-refractivity contribution is 9.12. The molecule has 0 atom stereocenters. The van der Waals surface area contributed by atoms with Gasteiger partial charge in [-0.05, 0) is 40.0 Å². The van der Waals surface area contributed by atoms with Crippen molar-refractivity contribution < 1.29 is 0 Å². The lowest BCUT2D eigenvalue weighted by atomic mass is 10.1. The highest BCUT2D eigenvalue weighted by Crippen LogP contribution is 2.13. The van der Waals surface area contributed by atoms with Gasteiger partial charge in [-0.25, -0.2) is 0 Å². The van der Waals surface area contributed by atoms with Crippen LogP contribution in [-0.2, 0) is 0 Å². The zero-order valence-electron chi connectivity index (χ0n) is 8.48. The molecule has 0 bridgehead atoms. The topological polar surface area (TPSA) is 0 Å². The predicted octanol–water partition coefficient (Wildman–Crippen LogP) is 4.62. The van der Waals surface area contributed by atoms with Crippen molar-refractivity contribution in [2.75, 3.05) is 0 Å². The van der Waals surface area contributed by atoms with Gasteiger partial charge in [-0.3, -0.25) is 0 Å². The molecule has 16 heavy (non-hydrogen) atoms. The molecule has 1 aromatic heterocycles. The Morgan fingerprint density at radius 3 is 2.50 bits per heavy atom. The van der Waals surface area contributed by atoms with E-state index in [1.54, 1.807) is 11.3 Å². The van der Waals surface area contributed by atoms with Gasteiger partial charge in [0.05, 0.1) is 0 Å². The molecule has 0 nitrogen and oxygen atoms in total. The molecular formula is C14H9BrS. The minimum absolute atomic E-state index is 1.02. The Morgan fingerprint density at radius 2 is 1.88 bits per heavy atom. The van der Waals surface area contributed by atoms with E-state index in [9.17, 15) is 0 Å². The molecular weight excluding hydrogens is 280 g/mol. The molecule has 0 aliphatic heterocycles. The lowest BCUT2D eigenvalue weighted by Gasteiger charge is -1.93. The molecule has 2 rings (SSSR count). The van der Waals surface area contributed by atoms with Gasteiger partial charge in [0.1, 0.15) is 0 Å². The fraction of sp³-hybridized carbons (Fsp3) is 0. The lowest BCUT2D eigenvalue weighted by Crippen LogP contribution is -1.74. The van der Waals surface area contributed by atoms with Gasteiger partial charge in [-0.15, -0.1) is 11.3 Å². The van der Waals surface area contributed by atoms with Gasteiger partial charge in [-0.1, -0.05) is 30.2 Å². The molecule has 0 radical (unpaired) electrons. The fourth-order valence-electron chi connectivity index (χ4n) is 1.30. The highest BCUT2D eigenvalue weighted by atomic mass is 79.9. The summed E-state index contributed by atoms with van der Waals surface area (Å²) in [7, 11) is 0. The number of hydrogen-bond acceptors (Lipinski definition) is 1. The molecule has 0 aliphatic carbocycles. The van der Waals surface area contributed by atoms with Crippen molar-refractivity contribution in [3.63, 3.8) is 0 Å². The lowest BCUT2D eigenvalue weighted by molar-refractivity contribution is 1.62. The van der Waals surface area contributed by atoms with Gasteiger partial charge in [0.25, 0.3) is 0 Å². The van der Waals surface area contributed by atoms with E-state index < -0.39 is 0 Å². The van der Waals surface area contributed by atoms with Crippen molar-refractivity contribution in [2.45, 2.75) is 0 Å². The summed E-state index contributed by atoms with van der Waals surface area (Å²) in [6.07, 6.45) is 4.23. The Balaban J connectivity index is 2.13. The molecule has 2 heteroatoms. The summed E-state index contributed by atoms with van der Waals surface area (Å²) in [5, 5.41) is 2.08. The summed E-state index contributed by atoms with van der Waals surface area (Å²) in [5.41, 5.74) is 2.21. The Hall–Kier alpha value is -1.30. The van der Waals surface area contributed by atoms with Crippen molar-refractivity contribution in [2.24, 2.45) is 0 Å². The van der Waals surface area contributed by atoms with E-state index in [1.807, 2.05) is 12.1 Å². The van der Waals surface area contributed by atoms with Crippen LogP contribution >= 0.6 is 27.3 Å². The minimum atomic E-state index is 1.02. The van der Waals surface area contributed by atoms with E-state index in [0.29, 0.717) is 0 Å². The first kappa shape index (κ1) is 11.2. The van der Waals surface area contributed by atoms with Crippen LogP contribution in [0.4, 0.5) is 0 Å². The van der Waals surface area contributed by atoms with Gasteiger partial charge in [-0.2, -0.15) is 0 Å². The van der Waals surface area contributed by atoms with Crippen LogP contribution in [0.25, 0.3) is 12.2 Å². The molecule has 0 fully saturated rings. The Labute approximate surface area is 108 Å². The van der Waals surface area contributed by atoms with Crippen LogP contribution in [0.5, 0.6) is 0 Å². The predicted molar refractivity (Wildman–Crippen MR) is 75.5 cm³/mol. The zero-order chi connectivity index (χ0) is 11.2. The van der Waals surface area contributed by atoms with E-state index >= 15 is 0 Å². The molecule has 0 amide bonds. The first-order valence-corrected chi connectivity index (χ1v) is 6.49. The Kier molecular flexibility index (Phi) is 3.98. The molecule has 0 saturated heterocycles. The van der Waals surface area contributed by atoms with Crippen LogP contribution < -0.4 is 0 Å². The number of benzene rings is 1. The summed E-state index contributed by atoms with van der Waals surface area (Å²) in [6.45, 7) is 0. The van der Waals surface area contributed by atoms with Crippen molar-refractivity contribution in [1.29, 1.82) is 0 Å². The summed E-state index contributed by atoms with van der Waals surface area (Å²) in [6, 6.07) is 12.3. The van der Waals surface area contributed by atoms with Crippen molar-refractivity contribution in [3.05, 3.63) is 57.8 Å². The third-order valence-electron chi connectivity index (χ3n) is 2.09. The molecule has 1 aromatic carbocycles. The summed E-state index contributed by atoms with van der Waals surface area (Å²) in [5.74, 6) is 2.95. The second-order valence-electron chi connectivity index (χ2n) is 3.19. The van der Waals surface area contributed by atoms with E-state index in [2.05, 4.69) is 68.5 Å². The van der Waals surface area contributed by atoms with Crippen LogP contribution in [0.15, 0.2) is 41.8 Å². The quantitative estimate of drug-likeness (QED) is 0.707.